The number of thioether (sulfide) groups is 1. The molecule has 0 radical (unpaired) electrons. The van der Waals surface area contributed by atoms with Crippen molar-refractivity contribution in [1.29, 1.82) is 0 Å². The fourth-order valence-electron chi connectivity index (χ4n) is 3.47. The van der Waals surface area contributed by atoms with Crippen LogP contribution in [0.2, 0.25) is 15.1 Å². The average Bonchev–Trinajstić information content (AvgIpc) is 3.28. The predicted octanol–water partition coefficient (Wildman–Crippen LogP) is 7.95. The van der Waals surface area contributed by atoms with Crippen molar-refractivity contribution < 1.29 is 9.47 Å². The van der Waals surface area contributed by atoms with Crippen LogP contribution in [0.15, 0.2) is 70.9 Å². The van der Waals surface area contributed by atoms with Crippen molar-refractivity contribution in [3.8, 4) is 11.5 Å². The van der Waals surface area contributed by atoms with Crippen LogP contribution in [-0.2, 0) is 18.8 Å². The van der Waals surface area contributed by atoms with Crippen LogP contribution in [0.3, 0.4) is 0 Å². The van der Waals surface area contributed by atoms with Gasteiger partial charge in [-0.05, 0) is 48.4 Å². The first-order chi connectivity index (χ1) is 18.0. The molecule has 0 spiro atoms. The maximum absolute atomic E-state index is 6.34. The van der Waals surface area contributed by atoms with E-state index in [2.05, 4.69) is 17.1 Å². The molecule has 1 heterocycles. The van der Waals surface area contributed by atoms with Crippen LogP contribution in [0.1, 0.15) is 35.9 Å². The van der Waals surface area contributed by atoms with Crippen LogP contribution in [0.5, 0.6) is 11.5 Å². The van der Waals surface area contributed by atoms with E-state index in [1.54, 1.807) is 41.9 Å². The minimum Gasteiger partial charge on any atom is -0.493 e. The summed E-state index contributed by atoms with van der Waals surface area (Å²) >= 11 is 19.9. The fraction of sp³-hybridized carbons (Fsp3) is 0.222. The van der Waals surface area contributed by atoms with Gasteiger partial charge in [-0.15, -0.1) is 10.2 Å². The molecule has 192 valence electrons. The van der Waals surface area contributed by atoms with Crippen molar-refractivity contribution in [3.05, 3.63) is 98.2 Å². The minimum atomic E-state index is 0.243. The van der Waals surface area contributed by atoms with Gasteiger partial charge in [0.2, 0.25) is 5.16 Å². The van der Waals surface area contributed by atoms with Crippen molar-refractivity contribution in [2.24, 2.45) is 5.10 Å². The van der Waals surface area contributed by atoms with Crippen LogP contribution in [0.25, 0.3) is 0 Å². The van der Waals surface area contributed by atoms with E-state index in [0.29, 0.717) is 37.5 Å². The standard InChI is InChI=1S/C27H25Cl3N4O2S/c1-3-5-25-32-33-27(37-17-18-8-11-21(28)12-9-18)34(25)31-15-19-6-4-7-24(35-2)26(19)36-16-20-10-13-22(29)14-23(20)30/h4,6-15H,3,5,16-17H2,1-2H3/b31-15+. The lowest BCUT2D eigenvalue weighted by Crippen LogP contribution is -2.03. The highest BCUT2D eigenvalue weighted by Crippen LogP contribution is 2.32. The van der Waals surface area contributed by atoms with Gasteiger partial charge in [-0.25, -0.2) is 0 Å². The molecule has 0 saturated carbocycles. The first-order valence-electron chi connectivity index (χ1n) is 11.6. The highest BCUT2D eigenvalue weighted by molar-refractivity contribution is 7.98. The van der Waals surface area contributed by atoms with Crippen molar-refractivity contribution in [1.82, 2.24) is 14.9 Å². The molecule has 6 nitrogen and oxygen atoms in total. The summed E-state index contributed by atoms with van der Waals surface area (Å²) < 4.78 is 13.5. The topological polar surface area (TPSA) is 61.5 Å². The lowest BCUT2D eigenvalue weighted by atomic mass is 10.2. The molecule has 0 N–H and O–H groups in total. The van der Waals surface area contributed by atoms with E-state index in [-0.39, 0.29) is 6.61 Å². The third-order valence-corrected chi connectivity index (χ3v) is 7.19. The summed E-state index contributed by atoms with van der Waals surface area (Å²) in [6, 6.07) is 18.7. The molecule has 1 aromatic heterocycles. The molecule has 0 amide bonds. The van der Waals surface area contributed by atoms with Crippen LogP contribution < -0.4 is 9.47 Å². The Balaban J connectivity index is 1.59. The van der Waals surface area contributed by atoms with Crippen LogP contribution in [-0.4, -0.2) is 28.2 Å². The van der Waals surface area contributed by atoms with Gasteiger partial charge in [0.15, 0.2) is 17.3 Å². The van der Waals surface area contributed by atoms with E-state index in [0.717, 1.165) is 35.4 Å². The molecule has 0 bridgehead atoms. The maximum atomic E-state index is 6.34. The van der Waals surface area contributed by atoms with Crippen molar-refractivity contribution in [2.45, 2.75) is 37.3 Å². The van der Waals surface area contributed by atoms with E-state index >= 15 is 0 Å². The Morgan fingerprint density at radius 1 is 1.00 bits per heavy atom. The number of methoxy groups -OCH3 is 1. The summed E-state index contributed by atoms with van der Waals surface area (Å²) in [5.74, 6) is 2.64. The highest BCUT2D eigenvalue weighted by atomic mass is 35.5. The molecule has 10 heteroatoms. The van der Waals surface area contributed by atoms with Gasteiger partial charge in [-0.3, -0.25) is 0 Å². The van der Waals surface area contributed by atoms with Crippen LogP contribution in [0.4, 0.5) is 0 Å². The van der Waals surface area contributed by atoms with Crippen LogP contribution in [0, 0.1) is 0 Å². The summed E-state index contributed by atoms with van der Waals surface area (Å²) in [6.07, 6.45) is 3.41. The Bertz CT molecular complexity index is 1380. The van der Waals surface area contributed by atoms with Gasteiger partial charge in [0.05, 0.1) is 13.3 Å². The number of para-hydroxylation sites is 1. The molecular formula is C27H25Cl3N4O2S. The second kappa shape index (κ2) is 13.2. The van der Waals surface area contributed by atoms with Crippen molar-refractivity contribution in [2.75, 3.05) is 7.11 Å². The zero-order chi connectivity index (χ0) is 26.2. The lowest BCUT2D eigenvalue weighted by Gasteiger charge is -2.14. The van der Waals surface area contributed by atoms with Gasteiger partial charge in [0, 0.05) is 38.4 Å². The molecule has 0 aliphatic carbocycles. The number of nitrogens with zero attached hydrogens (tertiary/aromatic N) is 4. The van der Waals surface area contributed by atoms with Crippen LogP contribution >= 0.6 is 46.6 Å². The number of aryl methyl sites for hydroxylation is 1. The van der Waals surface area contributed by atoms with Gasteiger partial charge < -0.3 is 9.47 Å². The van der Waals surface area contributed by atoms with Gasteiger partial charge in [-0.1, -0.05) is 77.8 Å². The summed E-state index contributed by atoms with van der Waals surface area (Å²) in [5, 5.41) is 16.0. The van der Waals surface area contributed by atoms with Gasteiger partial charge in [0.1, 0.15) is 6.61 Å². The van der Waals surface area contributed by atoms with E-state index in [9.17, 15) is 0 Å². The molecule has 4 aromatic rings. The SMILES string of the molecule is CCCc1nnc(SCc2ccc(Cl)cc2)n1/N=C/c1cccc(OC)c1OCc1ccc(Cl)cc1Cl. The van der Waals surface area contributed by atoms with Gasteiger partial charge in [0.25, 0.3) is 0 Å². The van der Waals surface area contributed by atoms with E-state index < -0.39 is 0 Å². The van der Waals surface area contributed by atoms with E-state index in [4.69, 9.17) is 49.4 Å². The summed E-state index contributed by atoms with van der Waals surface area (Å²) in [6.45, 7) is 2.34. The number of benzene rings is 3. The smallest absolute Gasteiger partial charge is 0.212 e. The second-order valence-electron chi connectivity index (χ2n) is 8.02. The Hall–Kier alpha value is -2.71. The van der Waals surface area contributed by atoms with E-state index in [1.807, 2.05) is 48.5 Å². The highest BCUT2D eigenvalue weighted by Gasteiger charge is 2.14. The molecule has 37 heavy (non-hydrogen) atoms. The number of halogens is 3. The maximum Gasteiger partial charge on any atom is 0.212 e. The first kappa shape index (κ1) is 27.3. The molecule has 0 saturated heterocycles. The minimum absolute atomic E-state index is 0.243. The quantitative estimate of drug-likeness (QED) is 0.134. The number of aromatic nitrogens is 3. The third-order valence-electron chi connectivity index (χ3n) is 5.36. The lowest BCUT2D eigenvalue weighted by molar-refractivity contribution is 0.284. The zero-order valence-electron chi connectivity index (χ0n) is 20.3. The molecule has 0 aliphatic rings. The zero-order valence-corrected chi connectivity index (χ0v) is 23.4. The molecule has 3 aromatic carbocycles. The molecule has 0 atom stereocenters. The number of hydrogen-bond acceptors (Lipinski definition) is 6. The molecular weight excluding hydrogens is 551 g/mol. The second-order valence-corrected chi connectivity index (χ2v) is 10.2. The Morgan fingerprint density at radius 3 is 2.51 bits per heavy atom. The van der Waals surface area contributed by atoms with Crippen molar-refractivity contribution >= 4 is 52.8 Å². The normalized spacial score (nSPS) is 11.3. The Labute approximate surface area is 235 Å². The predicted molar refractivity (Wildman–Crippen MR) is 152 cm³/mol. The summed E-state index contributed by atoms with van der Waals surface area (Å²) in [5.41, 5.74) is 2.69. The Kier molecular flexibility index (Phi) is 9.75. The summed E-state index contributed by atoms with van der Waals surface area (Å²) in [7, 11) is 1.60. The molecule has 0 fully saturated rings. The average molecular weight is 576 g/mol. The molecule has 0 unspecified atom stereocenters. The van der Waals surface area contributed by atoms with Gasteiger partial charge >= 0.3 is 0 Å². The number of hydrogen-bond donors (Lipinski definition) is 0. The van der Waals surface area contributed by atoms with Crippen molar-refractivity contribution in [3.63, 3.8) is 0 Å². The monoisotopic (exact) mass is 574 g/mol. The largest absolute Gasteiger partial charge is 0.493 e. The third kappa shape index (κ3) is 7.20. The summed E-state index contributed by atoms with van der Waals surface area (Å²) in [4.78, 5) is 0. The Morgan fingerprint density at radius 2 is 1.78 bits per heavy atom. The first-order valence-corrected chi connectivity index (χ1v) is 13.7. The molecule has 4 rings (SSSR count). The molecule has 0 aliphatic heterocycles. The van der Waals surface area contributed by atoms with E-state index in [1.165, 1.54) is 0 Å². The fourth-order valence-corrected chi connectivity index (χ4v) is 4.92. The van der Waals surface area contributed by atoms with Gasteiger partial charge in [-0.2, -0.15) is 9.78 Å². The number of rotatable bonds is 11. The number of ether oxygens (including phenoxy) is 2.